The lowest BCUT2D eigenvalue weighted by molar-refractivity contribution is -0.148. The van der Waals surface area contributed by atoms with Crippen LogP contribution in [0.15, 0.2) is 82.8 Å². The van der Waals surface area contributed by atoms with Gasteiger partial charge in [0.25, 0.3) is 0 Å². The van der Waals surface area contributed by atoms with Crippen LogP contribution in [0.3, 0.4) is 0 Å². The molecule has 1 heterocycles. The highest BCUT2D eigenvalue weighted by molar-refractivity contribution is 6.33. The van der Waals surface area contributed by atoms with E-state index >= 15 is 0 Å². The van der Waals surface area contributed by atoms with Crippen LogP contribution in [0.5, 0.6) is 0 Å². The van der Waals surface area contributed by atoms with E-state index in [0.717, 1.165) is 11.1 Å². The van der Waals surface area contributed by atoms with Gasteiger partial charge in [0.15, 0.2) is 0 Å². The fourth-order valence-electron chi connectivity index (χ4n) is 6.07. The molecule has 0 N–H and O–H groups in total. The molecular formula is C37H32ClF9N4. The number of alkyl halides is 9. The van der Waals surface area contributed by atoms with Crippen molar-refractivity contribution in [1.82, 2.24) is 9.80 Å². The van der Waals surface area contributed by atoms with Crippen molar-refractivity contribution in [3.8, 4) is 0 Å². The van der Waals surface area contributed by atoms with Crippen molar-refractivity contribution < 1.29 is 39.5 Å². The summed E-state index contributed by atoms with van der Waals surface area (Å²) < 4.78 is 130. The molecular weight excluding hydrogens is 707 g/mol. The summed E-state index contributed by atoms with van der Waals surface area (Å²) in [5.74, 6) is -0.442. The van der Waals surface area contributed by atoms with Gasteiger partial charge in [-0.25, -0.2) is 9.98 Å². The van der Waals surface area contributed by atoms with Crippen molar-refractivity contribution in [2.75, 3.05) is 19.8 Å². The first-order valence-electron chi connectivity index (χ1n) is 15.7. The van der Waals surface area contributed by atoms with Crippen LogP contribution < -0.4 is 0 Å². The monoisotopic (exact) mass is 738 g/mol. The molecule has 4 aromatic carbocycles. The van der Waals surface area contributed by atoms with E-state index in [4.69, 9.17) is 16.6 Å². The summed E-state index contributed by atoms with van der Waals surface area (Å²) in [4.78, 5) is 12.2. The fourth-order valence-corrected chi connectivity index (χ4v) is 6.44. The molecule has 1 aliphatic rings. The van der Waals surface area contributed by atoms with E-state index in [1.165, 1.54) is 17.9 Å². The zero-order valence-electron chi connectivity index (χ0n) is 27.8. The van der Waals surface area contributed by atoms with Gasteiger partial charge in [-0.3, -0.25) is 0 Å². The molecule has 5 rings (SSSR count). The van der Waals surface area contributed by atoms with E-state index in [2.05, 4.69) is 4.99 Å². The van der Waals surface area contributed by atoms with Gasteiger partial charge < -0.3 is 9.80 Å². The summed E-state index contributed by atoms with van der Waals surface area (Å²) in [6.45, 7) is 6.85. The van der Waals surface area contributed by atoms with E-state index in [1.807, 2.05) is 32.0 Å². The summed E-state index contributed by atoms with van der Waals surface area (Å²) in [6.07, 6.45) is -16.6. The zero-order valence-corrected chi connectivity index (χ0v) is 28.6. The molecule has 51 heavy (non-hydrogen) atoms. The van der Waals surface area contributed by atoms with Crippen LogP contribution >= 0.6 is 11.6 Å². The maximum atomic E-state index is 14.7. The Morgan fingerprint density at radius 1 is 0.608 bits per heavy atom. The number of aliphatic imine (C=N–C) groups is 2. The summed E-state index contributed by atoms with van der Waals surface area (Å²) in [7, 11) is 0. The molecule has 0 atom stereocenters. The van der Waals surface area contributed by atoms with Crippen molar-refractivity contribution in [2.24, 2.45) is 9.98 Å². The van der Waals surface area contributed by atoms with Gasteiger partial charge in [0.1, 0.15) is 11.7 Å². The third-order valence-electron chi connectivity index (χ3n) is 8.40. The molecule has 0 aliphatic carbocycles. The normalized spacial score (nSPS) is 15.1. The minimum atomic E-state index is -5.64. The summed E-state index contributed by atoms with van der Waals surface area (Å²) in [6, 6.07) is 16.9. The molecule has 14 heteroatoms. The van der Waals surface area contributed by atoms with Crippen LogP contribution in [-0.4, -0.2) is 41.2 Å². The second kappa shape index (κ2) is 14.2. The number of para-hydroxylation sites is 1. The minimum Gasteiger partial charge on any atom is -0.338 e. The van der Waals surface area contributed by atoms with Crippen LogP contribution in [0.25, 0.3) is 0 Å². The first kappa shape index (κ1) is 37.7. The minimum absolute atomic E-state index is 0.0607. The number of aryl methyl sites for hydroxylation is 4. The number of amidine groups is 2. The Balaban J connectivity index is 1.80. The lowest BCUT2D eigenvalue weighted by Gasteiger charge is -2.40. The summed E-state index contributed by atoms with van der Waals surface area (Å²) in [5, 5.41) is -0.0607. The first-order valence-corrected chi connectivity index (χ1v) is 16.1. The van der Waals surface area contributed by atoms with E-state index < -0.39 is 46.6 Å². The molecule has 1 fully saturated rings. The topological polar surface area (TPSA) is 31.2 Å². The quantitative estimate of drug-likeness (QED) is 0.119. The Labute approximate surface area is 293 Å². The van der Waals surface area contributed by atoms with Gasteiger partial charge in [-0.2, -0.15) is 39.5 Å². The van der Waals surface area contributed by atoms with Gasteiger partial charge in [-0.05, 0) is 74.6 Å². The smallest absolute Gasteiger partial charge is 0.338 e. The maximum absolute atomic E-state index is 14.7. The second-order valence-electron chi connectivity index (χ2n) is 12.4. The van der Waals surface area contributed by atoms with Crippen molar-refractivity contribution >= 4 is 34.6 Å². The number of hydrogen-bond acceptors (Lipinski definition) is 2. The van der Waals surface area contributed by atoms with Crippen molar-refractivity contribution in [1.29, 1.82) is 0 Å². The van der Waals surface area contributed by atoms with Crippen LogP contribution in [0, 0.1) is 27.7 Å². The highest BCUT2D eigenvalue weighted by Crippen LogP contribution is 2.45. The Bertz CT molecular complexity index is 1900. The van der Waals surface area contributed by atoms with Gasteiger partial charge in [-0.1, -0.05) is 66.2 Å². The van der Waals surface area contributed by atoms with Crippen molar-refractivity contribution in [3.63, 3.8) is 0 Å². The molecule has 1 saturated heterocycles. The molecule has 0 spiro atoms. The molecule has 0 aromatic heterocycles. The van der Waals surface area contributed by atoms with Gasteiger partial charge in [0.05, 0.1) is 39.8 Å². The standard InChI is InChI=1S/C37H32ClF9N4/c1-21-16-24(4)32(29(38)17-21)49-34(30-27(36(42,43)44)18-26(35(39,40)41)19-28(30)37(45,46)47)51-15-9-14-50(20-51)33(25-12-6-5-7-13-25)48-31-22(2)10-8-11-23(31)3/h5-8,10-13,16-19H,9,14-15,20H2,1-4H3. The predicted octanol–water partition coefficient (Wildman–Crippen LogP) is 11.5. The highest BCUT2D eigenvalue weighted by atomic mass is 35.5. The Morgan fingerprint density at radius 2 is 1.14 bits per heavy atom. The van der Waals surface area contributed by atoms with E-state index in [-0.39, 0.29) is 42.5 Å². The number of halogens is 10. The molecule has 0 radical (unpaired) electrons. The number of rotatable bonds is 4. The summed E-state index contributed by atoms with van der Waals surface area (Å²) in [5.41, 5.74) is -4.11. The van der Waals surface area contributed by atoms with E-state index in [1.54, 1.807) is 48.2 Å². The molecule has 1 aliphatic heterocycles. The van der Waals surface area contributed by atoms with Crippen LogP contribution in [0.1, 0.15) is 56.5 Å². The van der Waals surface area contributed by atoms with Gasteiger partial charge in [0.2, 0.25) is 0 Å². The largest absolute Gasteiger partial charge is 0.417 e. The van der Waals surface area contributed by atoms with Crippen LogP contribution in [0.2, 0.25) is 5.02 Å². The van der Waals surface area contributed by atoms with Crippen LogP contribution in [-0.2, 0) is 18.5 Å². The maximum Gasteiger partial charge on any atom is 0.417 e. The van der Waals surface area contributed by atoms with Crippen molar-refractivity contribution in [2.45, 2.75) is 52.6 Å². The van der Waals surface area contributed by atoms with E-state index in [9.17, 15) is 39.5 Å². The molecule has 0 amide bonds. The molecule has 4 aromatic rings. The molecule has 0 saturated carbocycles. The molecule has 0 unspecified atom stereocenters. The lowest BCUT2D eigenvalue weighted by Crippen LogP contribution is -2.50. The Morgan fingerprint density at radius 3 is 1.65 bits per heavy atom. The number of nitrogens with zero attached hydrogens (tertiary/aromatic N) is 4. The average molecular weight is 739 g/mol. The van der Waals surface area contributed by atoms with Gasteiger partial charge >= 0.3 is 18.5 Å². The Kier molecular flexibility index (Phi) is 10.5. The molecule has 270 valence electrons. The predicted molar refractivity (Wildman–Crippen MR) is 180 cm³/mol. The Hall–Kier alpha value is -4.52. The lowest BCUT2D eigenvalue weighted by atomic mass is 9.94. The first-order chi connectivity index (χ1) is 23.8. The van der Waals surface area contributed by atoms with Crippen LogP contribution in [0.4, 0.5) is 50.9 Å². The third-order valence-corrected chi connectivity index (χ3v) is 8.69. The van der Waals surface area contributed by atoms with Gasteiger partial charge in [-0.15, -0.1) is 0 Å². The zero-order chi connectivity index (χ0) is 37.5. The molecule has 4 nitrogen and oxygen atoms in total. The number of benzene rings is 4. The average Bonchev–Trinajstić information content (AvgIpc) is 3.03. The summed E-state index contributed by atoms with van der Waals surface area (Å²) >= 11 is 6.48. The molecule has 0 bridgehead atoms. The second-order valence-corrected chi connectivity index (χ2v) is 12.8. The fraction of sp³-hybridized carbons (Fsp3) is 0.297. The van der Waals surface area contributed by atoms with Gasteiger partial charge in [0, 0.05) is 24.2 Å². The number of hydrogen-bond donors (Lipinski definition) is 0. The highest BCUT2D eigenvalue weighted by Gasteiger charge is 2.47. The SMILES string of the molecule is Cc1cc(C)c(N=C(c2c(C(F)(F)F)cc(C(F)(F)F)cc2C(F)(F)F)N2CCCN(C(=Nc3c(C)cccc3C)c3ccccc3)C2)c(Cl)c1. The van der Waals surface area contributed by atoms with E-state index in [0.29, 0.717) is 34.8 Å². The van der Waals surface area contributed by atoms with Crippen molar-refractivity contribution in [3.05, 3.63) is 128 Å². The third kappa shape index (κ3) is 8.35.